The summed E-state index contributed by atoms with van der Waals surface area (Å²) in [5.41, 5.74) is 1.78. The number of nitrogens with zero attached hydrogens (tertiary/aromatic N) is 5. The molecule has 1 amide bonds. The van der Waals surface area contributed by atoms with Crippen LogP contribution in [0.25, 0.3) is 16.6 Å². The lowest BCUT2D eigenvalue weighted by molar-refractivity contribution is -0.146. The Morgan fingerprint density at radius 2 is 1.97 bits per heavy atom. The number of aromatic nitrogens is 5. The highest BCUT2D eigenvalue weighted by Gasteiger charge is 2.28. The molecule has 0 unspecified atom stereocenters. The van der Waals surface area contributed by atoms with Gasteiger partial charge in [0.25, 0.3) is 5.91 Å². The van der Waals surface area contributed by atoms with Crippen molar-refractivity contribution in [2.24, 2.45) is 5.92 Å². The number of methoxy groups -OCH3 is 2. The molecule has 1 aliphatic rings. The summed E-state index contributed by atoms with van der Waals surface area (Å²) < 4.78 is 13.9. The van der Waals surface area contributed by atoms with E-state index in [0.717, 1.165) is 36.6 Å². The van der Waals surface area contributed by atoms with E-state index in [1.807, 2.05) is 16.9 Å². The predicted molar refractivity (Wildman–Crippen MR) is 120 cm³/mol. The van der Waals surface area contributed by atoms with Crippen molar-refractivity contribution in [2.45, 2.75) is 31.7 Å². The smallest absolute Gasteiger partial charge is 0.308 e. The fourth-order valence-electron chi connectivity index (χ4n) is 4.45. The second-order valence-electron chi connectivity index (χ2n) is 8.14. The molecule has 3 aromatic heterocycles. The normalized spacial score (nSPS) is 18.4. The maximum Gasteiger partial charge on any atom is 0.308 e. The van der Waals surface area contributed by atoms with Crippen molar-refractivity contribution in [2.75, 3.05) is 19.5 Å². The Morgan fingerprint density at radius 3 is 2.73 bits per heavy atom. The maximum atomic E-state index is 13.1. The minimum Gasteiger partial charge on any atom is -0.496 e. The highest BCUT2D eigenvalue weighted by atomic mass is 16.5. The second kappa shape index (κ2) is 8.53. The van der Waals surface area contributed by atoms with E-state index < -0.39 is 0 Å². The summed E-state index contributed by atoms with van der Waals surface area (Å²) in [6, 6.07) is 7.34. The van der Waals surface area contributed by atoms with Gasteiger partial charge in [0.15, 0.2) is 11.5 Å². The Labute approximate surface area is 189 Å². The second-order valence-corrected chi connectivity index (χ2v) is 8.14. The third-order valence-corrected chi connectivity index (χ3v) is 6.21. The Bertz CT molecular complexity index is 1340. The van der Waals surface area contributed by atoms with Gasteiger partial charge in [0.1, 0.15) is 5.75 Å². The first-order chi connectivity index (χ1) is 16.1. The third-order valence-electron chi connectivity index (χ3n) is 6.21. The van der Waals surface area contributed by atoms with Gasteiger partial charge in [0, 0.05) is 23.8 Å². The molecule has 5 rings (SSSR count). The molecule has 4 aromatic rings. The number of esters is 1. The van der Waals surface area contributed by atoms with Crippen LogP contribution in [0.5, 0.6) is 5.75 Å². The van der Waals surface area contributed by atoms with Crippen molar-refractivity contribution in [3.05, 3.63) is 48.4 Å². The van der Waals surface area contributed by atoms with E-state index in [-0.39, 0.29) is 23.8 Å². The first-order valence-corrected chi connectivity index (χ1v) is 10.8. The number of hydrogen-bond donors (Lipinski definition) is 1. The van der Waals surface area contributed by atoms with Crippen molar-refractivity contribution < 1.29 is 19.1 Å². The Kier molecular flexibility index (Phi) is 5.41. The largest absolute Gasteiger partial charge is 0.496 e. The predicted octanol–water partition coefficient (Wildman–Crippen LogP) is 3.24. The molecular weight excluding hydrogens is 424 g/mol. The fourth-order valence-corrected chi connectivity index (χ4v) is 4.45. The quantitative estimate of drug-likeness (QED) is 0.466. The number of benzene rings is 1. The molecule has 1 saturated carbocycles. The maximum absolute atomic E-state index is 13.1. The summed E-state index contributed by atoms with van der Waals surface area (Å²) in [7, 11) is 2.96. The SMILES string of the molecule is COC(=O)C1CCC(n2cc3cc(C(=O)Nc4cnc5cccnn45)c(OC)cc3n2)CC1. The minimum atomic E-state index is -0.326. The number of imidazole rings is 1. The summed E-state index contributed by atoms with van der Waals surface area (Å²) >= 11 is 0. The number of carbonyl (C=O) groups excluding carboxylic acids is 2. The van der Waals surface area contributed by atoms with E-state index in [2.05, 4.69) is 15.4 Å². The van der Waals surface area contributed by atoms with Gasteiger partial charge in [-0.2, -0.15) is 14.7 Å². The van der Waals surface area contributed by atoms with Crippen LogP contribution >= 0.6 is 0 Å². The highest BCUT2D eigenvalue weighted by molar-refractivity contribution is 6.08. The van der Waals surface area contributed by atoms with E-state index in [0.29, 0.717) is 22.8 Å². The molecule has 10 nitrogen and oxygen atoms in total. The number of anilines is 1. The van der Waals surface area contributed by atoms with Gasteiger partial charge < -0.3 is 14.8 Å². The zero-order valence-electron chi connectivity index (χ0n) is 18.4. The summed E-state index contributed by atoms with van der Waals surface area (Å²) in [4.78, 5) is 29.1. The third kappa shape index (κ3) is 3.88. The number of amides is 1. The molecule has 1 aliphatic carbocycles. The van der Waals surface area contributed by atoms with E-state index in [4.69, 9.17) is 14.6 Å². The standard InChI is InChI=1S/C23H24N6O4/c1-32-19-11-18-15(13-28(27-18)16-7-5-14(6-8-16)23(31)33-2)10-17(19)22(30)26-21-12-24-20-4-3-9-25-29(20)21/h3-4,9-14,16H,5-8H2,1-2H3,(H,26,30). The monoisotopic (exact) mass is 448 g/mol. The van der Waals surface area contributed by atoms with Crippen molar-refractivity contribution in [1.82, 2.24) is 24.4 Å². The van der Waals surface area contributed by atoms with Gasteiger partial charge in [0.2, 0.25) is 0 Å². The Hall–Kier alpha value is -3.95. The number of hydrogen-bond acceptors (Lipinski definition) is 7. The summed E-state index contributed by atoms with van der Waals surface area (Å²) in [5.74, 6) is 0.395. The summed E-state index contributed by atoms with van der Waals surface area (Å²) in [6.45, 7) is 0. The molecule has 0 atom stereocenters. The summed E-state index contributed by atoms with van der Waals surface area (Å²) in [6.07, 6.45) is 8.39. The Morgan fingerprint density at radius 1 is 1.15 bits per heavy atom. The molecule has 0 aliphatic heterocycles. The lowest BCUT2D eigenvalue weighted by atomic mass is 9.86. The first kappa shape index (κ1) is 20.9. The number of carbonyl (C=O) groups is 2. The van der Waals surface area contributed by atoms with Gasteiger partial charge in [-0.1, -0.05) is 0 Å². The van der Waals surface area contributed by atoms with E-state index in [9.17, 15) is 9.59 Å². The van der Waals surface area contributed by atoms with Crippen LogP contribution in [0.3, 0.4) is 0 Å². The van der Waals surface area contributed by atoms with Crippen LogP contribution < -0.4 is 10.1 Å². The molecule has 0 spiro atoms. The molecule has 1 aromatic carbocycles. The van der Waals surface area contributed by atoms with Crippen molar-refractivity contribution in [3.63, 3.8) is 0 Å². The summed E-state index contributed by atoms with van der Waals surface area (Å²) in [5, 5.41) is 12.6. The minimum absolute atomic E-state index is 0.0410. The van der Waals surface area contributed by atoms with Gasteiger partial charge >= 0.3 is 5.97 Å². The van der Waals surface area contributed by atoms with Gasteiger partial charge in [-0.25, -0.2) is 4.98 Å². The number of nitrogens with one attached hydrogen (secondary N) is 1. The van der Waals surface area contributed by atoms with Gasteiger partial charge in [-0.15, -0.1) is 0 Å². The zero-order chi connectivity index (χ0) is 22.9. The lowest BCUT2D eigenvalue weighted by Crippen LogP contribution is -2.24. The topological polar surface area (TPSA) is 113 Å². The van der Waals surface area contributed by atoms with Crippen molar-refractivity contribution in [3.8, 4) is 5.75 Å². The van der Waals surface area contributed by atoms with Crippen molar-refractivity contribution in [1.29, 1.82) is 0 Å². The van der Waals surface area contributed by atoms with Crippen LogP contribution in [0.2, 0.25) is 0 Å². The van der Waals surface area contributed by atoms with Crippen LogP contribution in [0.15, 0.2) is 42.9 Å². The van der Waals surface area contributed by atoms with Crippen LogP contribution in [-0.4, -0.2) is 50.5 Å². The molecule has 1 fully saturated rings. The number of rotatable bonds is 5. The zero-order valence-corrected chi connectivity index (χ0v) is 18.4. The fraction of sp³-hybridized carbons (Fsp3) is 0.348. The molecule has 3 heterocycles. The van der Waals surface area contributed by atoms with Crippen LogP contribution in [0.4, 0.5) is 5.82 Å². The first-order valence-electron chi connectivity index (χ1n) is 10.8. The van der Waals surface area contributed by atoms with E-state index in [1.165, 1.54) is 14.2 Å². The van der Waals surface area contributed by atoms with Crippen LogP contribution in [-0.2, 0) is 9.53 Å². The molecular formula is C23H24N6O4. The lowest BCUT2D eigenvalue weighted by Gasteiger charge is -2.26. The molecule has 1 N–H and O–H groups in total. The molecule has 0 bridgehead atoms. The van der Waals surface area contributed by atoms with Gasteiger partial charge in [-0.05, 0) is 43.9 Å². The highest BCUT2D eigenvalue weighted by Crippen LogP contribution is 2.34. The molecule has 10 heteroatoms. The van der Waals surface area contributed by atoms with Crippen molar-refractivity contribution >= 4 is 34.2 Å². The van der Waals surface area contributed by atoms with Crippen LogP contribution in [0.1, 0.15) is 42.1 Å². The van der Waals surface area contributed by atoms with E-state index in [1.54, 1.807) is 35.1 Å². The molecule has 0 saturated heterocycles. The number of fused-ring (bicyclic) bond motifs is 2. The van der Waals surface area contributed by atoms with Crippen LogP contribution in [0, 0.1) is 5.92 Å². The average molecular weight is 448 g/mol. The van der Waals surface area contributed by atoms with Gasteiger partial charge in [-0.3, -0.25) is 14.3 Å². The molecule has 170 valence electrons. The Balaban J connectivity index is 1.39. The molecule has 0 radical (unpaired) electrons. The molecule has 33 heavy (non-hydrogen) atoms. The number of ether oxygens (including phenoxy) is 2. The van der Waals surface area contributed by atoms with E-state index >= 15 is 0 Å². The van der Waals surface area contributed by atoms with Gasteiger partial charge in [0.05, 0.1) is 43.5 Å². The average Bonchev–Trinajstić information content (AvgIpc) is 3.46.